The second kappa shape index (κ2) is 7.92. The summed E-state index contributed by atoms with van der Waals surface area (Å²) in [6.45, 7) is 0.824. The summed E-state index contributed by atoms with van der Waals surface area (Å²) in [6.07, 6.45) is 1.18. The van der Waals surface area contributed by atoms with E-state index in [0.717, 1.165) is 5.56 Å². The highest BCUT2D eigenvalue weighted by molar-refractivity contribution is 7.09. The standard InChI is InChI=1S/C18H19FN2O4S/c19-13-3-1-2-12(8-13)9-15-20-14(11-26-15)17(24)21-18(10-16(22)23)4-6-25-7-5-18/h1-3,8,11H,4-7,9-10H2,(H,21,24)(H,22,23). The number of carbonyl (C=O) groups excluding carboxylic acids is 1. The van der Waals surface area contributed by atoms with Crippen molar-refractivity contribution in [3.8, 4) is 0 Å². The number of hydrogen-bond acceptors (Lipinski definition) is 5. The maximum Gasteiger partial charge on any atom is 0.305 e. The molecule has 0 spiro atoms. The normalized spacial score (nSPS) is 16.2. The lowest BCUT2D eigenvalue weighted by atomic mass is 9.86. The quantitative estimate of drug-likeness (QED) is 0.807. The van der Waals surface area contributed by atoms with Crippen molar-refractivity contribution in [2.45, 2.75) is 31.2 Å². The molecule has 0 bridgehead atoms. The Morgan fingerprint density at radius 1 is 1.35 bits per heavy atom. The highest BCUT2D eigenvalue weighted by Gasteiger charge is 2.37. The summed E-state index contributed by atoms with van der Waals surface area (Å²) in [7, 11) is 0. The Kier molecular flexibility index (Phi) is 5.63. The number of halogens is 1. The molecule has 2 aromatic rings. The van der Waals surface area contributed by atoms with Crippen LogP contribution < -0.4 is 5.32 Å². The summed E-state index contributed by atoms with van der Waals surface area (Å²) in [4.78, 5) is 28.1. The van der Waals surface area contributed by atoms with Crippen LogP contribution in [0.4, 0.5) is 4.39 Å². The van der Waals surface area contributed by atoms with E-state index in [1.54, 1.807) is 17.5 Å². The third kappa shape index (κ3) is 4.64. The van der Waals surface area contributed by atoms with Crippen LogP contribution in [0, 0.1) is 5.82 Å². The SMILES string of the molecule is O=C(O)CC1(NC(=O)c2csc(Cc3cccc(F)c3)n2)CCOCC1. The Morgan fingerprint density at radius 2 is 2.12 bits per heavy atom. The van der Waals surface area contributed by atoms with E-state index in [-0.39, 0.29) is 17.9 Å². The summed E-state index contributed by atoms with van der Waals surface area (Å²) < 4.78 is 18.6. The first-order valence-electron chi connectivity index (χ1n) is 8.27. The first kappa shape index (κ1) is 18.5. The molecule has 26 heavy (non-hydrogen) atoms. The van der Waals surface area contributed by atoms with E-state index in [4.69, 9.17) is 9.84 Å². The zero-order valence-corrected chi connectivity index (χ0v) is 14.9. The van der Waals surface area contributed by atoms with Gasteiger partial charge in [-0.25, -0.2) is 9.37 Å². The molecule has 2 heterocycles. The molecule has 1 aliphatic rings. The number of benzene rings is 1. The number of carboxylic acid groups (broad SMARTS) is 1. The molecule has 2 N–H and O–H groups in total. The minimum atomic E-state index is -0.961. The molecule has 1 saturated heterocycles. The highest BCUT2D eigenvalue weighted by Crippen LogP contribution is 2.25. The van der Waals surface area contributed by atoms with Gasteiger partial charge in [-0.1, -0.05) is 12.1 Å². The molecule has 3 rings (SSSR count). The van der Waals surface area contributed by atoms with Crippen molar-refractivity contribution in [1.29, 1.82) is 0 Å². The Balaban J connectivity index is 1.69. The van der Waals surface area contributed by atoms with Crippen LogP contribution >= 0.6 is 11.3 Å². The average molecular weight is 378 g/mol. The van der Waals surface area contributed by atoms with Crippen LogP contribution in [0.15, 0.2) is 29.6 Å². The maximum absolute atomic E-state index is 13.3. The molecular formula is C18H19FN2O4S. The van der Waals surface area contributed by atoms with E-state index in [0.29, 0.717) is 37.5 Å². The van der Waals surface area contributed by atoms with Gasteiger partial charge in [-0.15, -0.1) is 11.3 Å². The van der Waals surface area contributed by atoms with Crippen molar-refractivity contribution in [1.82, 2.24) is 10.3 Å². The lowest BCUT2D eigenvalue weighted by Crippen LogP contribution is -2.53. The van der Waals surface area contributed by atoms with E-state index in [1.807, 2.05) is 0 Å². The molecule has 6 nitrogen and oxygen atoms in total. The smallest absolute Gasteiger partial charge is 0.305 e. The average Bonchev–Trinajstić information content (AvgIpc) is 3.03. The van der Waals surface area contributed by atoms with Crippen LogP contribution in [-0.2, 0) is 16.0 Å². The number of aliphatic carboxylic acids is 1. The van der Waals surface area contributed by atoms with Crippen molar-refractivity contribution in [3.63, 3.8) is 0 Å². The molecule has 1 fully saturated rings. The second-order valence-corrected chi connectivity index (χ2v) is 7.29. The van der Waals surface area contributed by atoms with E-state index < -0.39 is 17.4 Å². The molecule has 0 saturated carbocycles. The number of aromatic nitrogens is 1. The largest absolute Gasteiger partial charge is 0.481 e. The summed E-state index contributed by atoms with van der Waals surface area (Å²) in [5.74, 6) is -1.67. The molecule has 1 aromatic heterocycles. The molecule has 1 aliphatic heterocycles. The van der Waals surface area contributed by atoms with E-state index >= 15 is 0 Å². The van der Waals surface area contributed by atoms with Crippen LogP contribution in [0.5, 0.6) is 0 Å². The van der Waals surface area contributed by atoms with Gasteiger partial charge in [0.25, 0.3) is 5.91 Å². The van der Waals surface area contributed by atoms with Crippen LogP contribution in [-0.4, -0.2) is 40.7 Å². The summed E-state index contributed by atoms with van der Waals surface area (Å²) in [5, 5.41) is 14.4. The first-order chi connectivity index (χ1) is 12.5. The van der Waals surface area contributed by atoms with Gasteiger partial charge < -0.3 is 15.2 Å². The van der Waals surface area contributed by atoms with Gasteiger partial charge >= 0.3 is 5.97 Å². The number of nitrogens with one attached hydrogen (secondary N) is 1. The lowest BCUT2D eigenvalue weighted by molar-refractivity contribution is -0.139. The fourth-order valence-corrected chi connectivity index (χ4v) is 3.83. The van der Waals surface area contributed by atoms with Crippen LogP contribution in [0.1, 0.15) is 40.3 Å². The lowest BCUT2D eigenvalue weighted by Gasteiger charge is -2.36. The minimum Gasteiger partial charge on any atom is -0.481 e. The molecule has 0 aliphatic carbocycles. The van der Waals surface area contributed by atoms with Crippen molar-refractivity contribution in [2.75, 3.05) is 13.2 Å². The van der Waals surface area contributed by atoms with E-state index in [9.17, 15) is 14.0 Å². The molecule has 0 atom stereocenters. The summed E-state index contributed by atoms with van der Waals surface area (Å²) in [5.41, 5.74) is 0.212. The van der Waals surface area contributed by atoms with Gasteiger partial charge in [-0.3, -0.25) is 9.59 Å². The van der Waals surface area contributed by atoms with Crippen LogP contribution in [0.25, 0.3) is 0 Å². The topological polar surface area (TPSA) is 88.5 Å². The number of carbonyl (C=O) groups is 2. The minimum absolute atomic E-state index is 0.150. The predicted octanol–water partition coefficient (Wildman–Crippen LogP) is 2.63. The molecule has 1 amide bonds. The number of rotatable bonds is 6. The molecule has 0 radical (unpaired) electrons. The Labute approximate surface area is 154 Å². The van der Waals surface area contributed by atoms with Gasteiger partial charge in [0.1, 0.15) is 11.5 Å². The zero-order chi connectivity index (χ0) is 18.6. The highest BCUT2D eigenvalue weighted by atomic mass is 32.1. The van der Waals surface area contributed by atoms with Crippen LogP contribution in [0.2, 0.25) is 0 Å². The van der Waals surface area contributed by atoms with Crippen molar-refractivity contribution < 1.29 is 23.8 Å². The molecule has 8 heteroatoms. The second-order valence-electron chi connectivity index (χ2n) is 6.35. The van der Waals surface area contributed by atoms with Crippen molar-refractivity contribution in [3.05, 3.63) is 51.7 Å². The molecule has 1 aromatic carbocycles. The Hall–Kier alpha value is -2.32. The van der Waals surface area contributed by atoms with E-state index in [2.05, 4.69) is 10.3 Å². The van der Waals surface area contributed by atoms with Gasteiger partial charge in [-0.2, -0.15) is 0 Å². The van der Waals surface area contributed by atoms with Crippen LogP contribution in [0.3, 0.4) is 0 Å². The number of thiazole rings is 1. The number of carboxylic acids is 1. The van der Waals surface area contributed by atoms with Gasteiger partial charge in [0.2, 0.25) is 0 Å². The summed E-state index contributed by atoms with van der Waals surface area (Å²) >= 11 is 1.32. The fraction of sp³-hybridized carbons (Fsp3) is 0.389. The fourth-order valence-electron chi connectivity index (χ4n) is 3.02. The predicted molar refractivity (Wildman–Crippen MR) is 93.8 cm³/mol. The van der Waals surface area contributed by atoms with Crippen molar-refractivity contribution >= 4 is 23.2 Å². The zero-order valence-electron chi connectivity index (χ0n) is 14.0. The third-order valence-electron chi connectivity index (χ3n) is 4.35. The number of ether oxygens (including phenoxy) is 1. The molecular weight excluding hydrogens is 359 g/mol. The maximum atomic E-state index is 13.3. The van der Waals surface area contributed by atoms with Gasteiger partial charge in [0.15, 0.2) is 0 Å². The third-order valence-corrected chi connectivity index (χ3v) is 5.20. The first-order valence-corrected chi connectivity index (χ1v) is 9.15. The molecule has 138 valence electrons. The number of hydrogen-bond donors (Lipinski definition) is 2. The monoisotopic (exact) mass is 378 g/mol. The number of nitrogens with zero attached hydrogens (tertiary/aromatic N) is 1. The number of amides is 1. The Morgan fingerprint density at radius 3 is 2.81 bits per heavy atom. The molecule has 0 unspecified atom stereocenters. The van der Waals surface area contributed by atoms with Gasteiger partial charge in [-0.05, 0) is 30.5 Å². The summed E-state index contributed by atoms with van der Waals surface area (Å²) in [6, 6.07) is 6.24. The Bertz CT molecular complexity index is 802. The van der Waals surface area contributed by atoms with E-state index in [1.165, 1.54) is 23.5 Å². The van der Waals surface area contributed by atoms with Crippen molar-refractivity contribution in [2.24, 2.45) is 0 Å². The van der Waals surface area contributed by atoms with Gasteiger partial charge in [0.05, 0.1) is 17.0 Å². The van der Waals surface area contributed by atoms with Gasteiger partial charge in [0, 0.05) is 25.0 Å².